The quantitative estimate of drug-likeness (QED) is 0.831. The number of thiophene rings is 1. The van der Waals surface area contributed by atoms with E-state index < -0.39 is 15.8 Å². The molecule has 9 heteroatoms. The Balaban J connectivity index is 2.33. The van der Waals surface area contributed by atoms with Gasteiger partial charge in [0.25, 0.3) is 10.0 Å². The van der Waals surface area contributed by atoms with E-state index in [-0.39, 0.29) is 19.9 Å². The molecule has 0 atom stereocenters. The summed E-state index contributed by atoms with van der Waals surface area (Å²) in [5.41, 5.74) is 5.23. The summed E-state index contributed by atoms with van der Waals surface area (Å²) in [5.74, 6) is -0.757. The highest BCUT2D eigenvalue weighted by Gasteiger charge is 2.19. The summed E-state index contributed by atoms with van der Waals surface area (Å²) in [6, 6.07) is 6.51. The molecule has 1 heterocycles. The SMILES string of the molecule is NC(=S)c1ccc(S(=O)(=O)Nc2ccc(Cl)cc2F)s1. The summed E-state index contributed by atoms with van der Waals surface area (Å²) in [5, 5.41) is 0.178. The van der Waals surface area contributed by atoms with Gasteiger partial charge in [-0.25, -0.2) is 12.8 Å². The van der Waals surface area contributed by atoms with E-state index in [0.29, 0.717) is 4.88 Å². The molecule has 1 aromatic heterocycles. The molecule has 106 valence electrons. The maximum absolute atomic E-state index is 13.6. The van der Waals surface area contributed by atoms with Gasteiger partial charge in [-0.15, -0.1) is 11.3 Å². The van der Waals surface area contributed by atoms with Crippen molar-refractivity contribution in [3.05, 3.63) is 46.0 Å². The summed E-state index contributed by atoms with van der Waals surface area (Å²) in [6.07, 6.45) is 0. The molecule has 3 N–H and O–H groups in total. The van der Waals surface area contributed by atoms with E-state index in [1.165, 1.54) is 24.3 Å². The molecule has 0 aliphatic carbocycles. The third-order valence-electron chi connectivity index (χ3n) is 2.26. The van der Waals surface area contributed by atoms with Crippen molar-refractivity contribution in [3.63, 3.8) is 0 Å². The van der Waals surface area contributed by atoms with E-state index in [9.17, 15) is 12.8 Å². The van der Waals surface area contributed by atoms with Gasteiger partial charge in [0.2, 0.25) is 0 Å². The summed E-state index contributed by atoms with van der Waals surface area (Å²) in [7, 11) is -3.89. The zero-order chi connectivity index (χ0) is 14.9. The molecule has 0 amide bonds. The smallest absolute Gasteiger partial charge is 0.271 e. The van der Waals surface area contributed by atoms with Crippen LogP contribution in [-0.4, -0.2) is 13.4 Å². The molecule has 1 aromatic carbocycles. The molecule has 4 nitrogen and oxygen atoms in total. The van der Waals surface area contributed by atoms with Gasteiger partial charge in [-0.2, -0.15) is 0 Å². The Morgan fingerprint density at radius 1 is 1.35 bits per heavy atom. The van der Waals surface area contributed by atoms with Crippen LogP contribution in [0.1, 0.15) is 4.88 Å². The van der Waals surface area contributed by atoms with Crippen LogP contribution in [0.25, 0.3) is 0 Å². The van der Waals surface area contributed by atoms with Crippen molar-refractivity contribution in [3.8, 4) is 0 Å². The van der Waals surface area contributed by atoms with E-state index in [0.717, 1.165) is 17.4 Å². The fourth-order valence-electron chi connectivity index (χ4n) is 1.36. The first-order valence-corrected chi connectivity index (χ1v) is 8.26. The third-order valence-corrected chi connectivity index (χ3v) is 5.82. The number of halogens is 2. The monoisotopic (exact) mass is 350 g/mol. The first-order valence-electron chi connectivity index (χ1n) is 5.17. The second kappa shape index (κ2) is 5.65. The maximum Gasteiger partial charge on any atom is 0.271 e. The van der Waals surface area contributed by atoms with Crippen LogP contribution in [0.2, 0.25) is 5.02 Å². The van der Waals surface area contributed by atoms with Crippen LogP contribution in [0.4, 0.5) is 10.1 Å². The molecule has 0 fully saturated rings. The van der Waals surface area contributed by atoms with Crippen LogP contribution in [0.15, 0.2) is 34.5 Å². The van der Waals surface area contributed by atoms with Crippen molar-refractivity contribution in [2.45, 2.75) is 4.21 Å². The van der Waals surface area contributed by atoms with Crippen molar-refractivity contribution in [1.29, 1.82) is 0 Å². The van der Waals surface area contributed by atoms with Crippen molar-refractivity contribution >= 4 is 55.9 Å². The fraction of sp³-hybridized carbons (Fsp3) is 0. The van der Waals surface area contributed by atoms with E-state index in [1.54, 1.807) is 0 Å². The van der Waals surface area contributed by atoms with Gasteiger partial charge in [0.1, 0.15) is 15.0 Å². The summed E-state index contributed by atoms with van der Waals surface area (Å²) >= 11 is 11.3. The first-order chi connectivity index (χ1) is 9.29. The Kier molecular flexibility index (Phi) is 4.28. The van der Waals surface area contributed by atoms with E-state index in [1.807, 2.05) is 0 Å². The van der Waals surface area contributed by atoms with Gasteiger partial charge in [-0.05, 0) is 30.3 Å². The summed E-state index contributed by atoms with van der Waals surface area (Å²) < 4.78 is 39.9. The van der Waals surface area contributed by atoms with E-state index in [2.05, 4.69) is 4.72 Å². The average molecular weight is 351 g/mol. The number of nitrogens with two attached hydrogens (primary N) is 1. The second-order valence-electron chi connectivity index (χ2n) is 3.71. The Labute approximate surface area is 129 Å². The third kappa shape index (κ3) is 3.26. The lowest BCUT2D eigenvalue weighted by Crippen LogP contribution is -2.12. The van der Waals surface area contributed by atoms with Gasteiger partial charge in [0.05, 0.1) is 10.6 Å². The molecule has 0 aliphatic heterocycles. The first kappa shape index (κ1) is 15.2. The van der Waals surface area contributed by atoms with Gasteiger partial charge in [0, 0.05) is 5.02 Å². The molecule has 0 saturated carbocycles. The van der Waals surface area contributed by atoms with Crippen LogP contribution in [0, 0.1) is 5.82 Å². The van der Waals surface area contributed by atoms with E-state index in [4.69, 9.17) is 29.6 Å². The number of hydrogen-bond acceptors (Lipinski definition) is 4. The molecule has 0 saturated heterocycles. The Hall–Kier alpha value is -1.22. The lowest BCUT2D eigenvalue weighted by molar-refractivity contribution is 0.600. The van der Waals surface area contributed by atoms with Gasteiger partial charge < -0.3 is 5.73 Å². The van der Waals surface area contributed by atoms with Gasteiger partial charge in [-0.3, -0.25) is 4.72 Å². The van der Waals surface area contributed by atoms with Crippen LogP contribution in [0.5, 0.6) is 0 Å². The van der Waals surface area contributed by atoms with Crippen molar-refractivity contribution < 1.29 is 12.8 Å². The molecule has 2 rings (SSSR count). The number of nitrogens with one attached hydrogen (secondary N) is 1. The Morgan fingerprint density at radius 3 is 2.60 bits per heavy atom. The molecular formula is C11H8ClFN2O2S3. The standard InChI is InChI=1S/C11H8ClFN2O2S3/c12-6-1-2-8(7(13)5-6)15-20(16,17)10-4-3-9(19-10)11(14)18/h1-5,15H,(H2,14,18). The normalized spacial score (nSPS) is 11.3. The van der Waals surface area contributed by atoms with Crippen LogP contribution < -0.4 is 10.5 Å². The molecule has 0 spiro atoms. The lowest BCUT2D eigenvalue weighted by Gasteiger charge is -2.07. The predicted octanol–water partition coefficient (Wildman–Crippen LogP) is 2.98. The molecular weight excluding hydrogens is 343 g/mol. The largest absolute Gasteiger partial charge is 0.389 e. The molecule has 0 aliphatic rings. The number of sulfonamides is 1. The predicted molar refractivity (Wildman–Crippen MR) is 82.4 cm³/mol. The van der Waals surface area contributed by atoms with Crippen LogP contribution >= 0.6 is 35.2 Å². The minimum absolute atomic E-state index is 0.00495. The molecule has 0 bridgehead atoms. The number of rotatable bonds is 4. The van der Waals surface area contributed by atoms with Crippen molar-refractivity contribution in [2.75, 3.05) is 4.72 Å². The number of hydrogen-bond donors (Lipinski definition) is 2. The van der Waals surface area contributed by atoms with Crippen LogP contribution in [-0.2, 0) is 10.0 Å². The second-order valence-corrected chi connectivity index (χ2v) is 7.58. The lowest BCUT2D eigenvalue weighted by atomic mass is 10.3. The minimum Gasteiger partial charge on any atom is -0.389 e. The zero-order valence-electron chi connectivity index (χ0n) is 9.76. The summed E-state index contributed by atoms with van der Waals surface area (Å²) in [6.45, 7) is 0. The minimum atomic E-state index is -3.89. The van der Waals surface area contributed by atoms with Gasteiger partial charge >= 0.3 is 0 Å². The average Bonchev–Trinajstić information content (AvgIpc) is 2.83. The summed E-state index contributed by atoms with van der Waals surface area (Å²) in [4.78, 5) is 0.575. The molecule has 2 aromatic rings. The topological polar surface area (TPSA) is 72.2 Å². The fourth-order valence-corrected chi connectivity index (χ4v) is 3.94. The molecule has 0 unspecified atom stereocenters. The van der Waals surface area contributed by atoms with Crippen molar-refractivity contribution in [1.82, 2.24) is 0 Å². The molecule has 20 heavy (non-hydrogen) atoms. The number of thiocarbonyl (C=S) groups is 1. The van der Waals surface area contributed by atoms with Gasteiger partial charge in [0.15, 0.2) is 0 Å². The number of anilines is 1. The molecule has 0 radical (unpaired) electrons. The zero-order valence-corrected chi connectivity index (χ0v) is 13.0. The maximum atomic E-state index is 13.6. The highest BCUT2D eigenvalue weighted by molar-refractivity contribution is 7.94. The number of benzene rings is 1. The van der Waals surface area contributed by atoms with Crippen LogP contribution in [0.3, 0.4) is 0 Å². The Bertz CT molecular complexity index is 774. The highest BCUT2D eigenvalue weighted by Crippen LogP contribution is 2.26. The van der Waals surface area contributed by atoms with Gasteiger partial charge in [-0.1, -0.05) is 23.8 Å². The Morgan fingerprint density at radius 2 is 2.05 bits per heavy atom. The van der Waals surface area contributed by atoms with Crippen molar-refractivity contribution in [2.24, 2.45) is 5.73 Å². The highest BCUT2D eigenvalue weighted by atomic mass is 35.5. The van der Waals surface area contributed by atoms with E-state index >= 15 is 0 Å².